The predicted octanol–water partition coefficient (Wildman–Crippen LogP) is 2.83. The molecule has 1 aromatic carbocycles. The molecule has 6 nitrogen and oxygen atoms in total. The highest BCUT2D eigenvalue weighted by molar-refractivity contribution is 5.94. The highest BCUT2D eigenvalue weighted by Crippen LogP contribution is 2.20. The van der Waals surface area contributed by atoms with Crippen LogP contribution in [-0.2, 0) is 20.8 Å². The number of halogens is 2. The standard InChI is InChI=1S/C20H31N3O3.2ClH/c1-14-11-23(12-15(2)26-14)13-16-4-3-5-18(10-16)22-20(24)19(21)17-6-8-25-9-7-17;;/h3-5,10,14-15,17,19H,6-9,11-13,21H2,1-2H3,(H,22,24);2*1H. The molecule has 0 saturated carbocycles. The molecule has 1 amide bonds. The van der Waals surface area contributed by atoms with E-state index in [1.54, 1.807) is 0 Å². The number of ether oxygens (including phenoxy) is 2. The molecular formula is C20H33Cl2N3O3. The molecule has 0 radical (unpaired) electrons. The molecular weight excluding hydrogens is 401 g/mol. The van der Waals surface area contributed by atoms with Crippen LogP contribution in [0.4, 0.5) is 5.69 Å². The van der Waals surface area contributed by atoms with Crippen molar-refractivity contribution in [2.75, 3.05) is 31.6 Å². The molecule has 3 atom stereocenters. The van der Waals surface area contributed by atoms with Crippen LogP contribution >= 0.6 is 24.8 Å². The molecule has 28 heavy (non-hydrogen) atoms. The Morgan fingerprint density at radius 1 is 1.21 bits per heavy atom. The van der Waals surface area contributed by atoms with Gasteiger partial charge in [0.15, 0.2) is 0 Å². The van der Waals surface area contributed by atoms with Gasteiger partial charge in [-0.2, -0.15) is 0 Å². The number of carbonyl (C=O) groups excluding carboxylic acids is 1. The highest BCUT2D eigenvalue weighted by Gasteiger charge is 2.27. The van der Waals surface area contributed by atoms with Gasteiger partial charge in [-0.3, -0.25) is 9.69 Å². The number of morpholine rings is 1. The van der Waals surface area contributed by atoms with Crippen LogP contribution in [0.2, 0.25) is 0 Å². The zero-order valence-corrected chi connectivity index (χ0v) is 18.3. The van der Waals surface area contributed by atoms with E-state index >= 15 is 0 Å². The van der Waals surface area contributed by atoms with E-state index in [-0.39, 0.29) is 48.8 Å². The van der Waals surface area contributed by atoms with Gasteiger partial charge < -0.3 is 20.5 Å². The molecule has 0 spiro atoms. The van der Waals surface area contributed by atoms with Crippen molar-refractivity contribution in [1.29, 1.82) is 0 Å². The second-order valence-electron chi connectivity index (χ2n) is 7.62. The minimum absolute atomic E-state index is 0. The number of hydrogen-bond donors (Lipinski definition) is 2. The molecule has 3 rings (SSSR count). The number of anilines is 1. The Hall–Kier alpha value is -0.890. The zero-order valence-electron chi connectivity index (χ0n) is 16.6. The first-order valence-electron chi connectivity index (χ1n) is 9.62. The van der Waals surface area contributed by atoms with Crippen molar-refractivity contribution >= 4 is 36.4 Å². The van der Waals surface area contributed by atoms with Crippen molar-refractivity contribution in [2.45, 2.75) is 51.5 Å². The number of nitrogens with one attached hydrogen (secondary N) is 1. The Morgan fingerprint density at radius 3 is 2.50 bits per heavy atom. The summed E-state index contributed by atoms with van der Waals surface area (Å²) in [4.78, 5) is 14.9. The van der Waals surface area contributed by atoms with E-state index in [0.717, 1.165) is 38.2 Å². The summed E-state index contributed by atoms with van der Waals surface area (Å²) < 4.78 is 11.1. The smallest absolute Gasteiger partial charge is 0.241 e. The van der Waals surface area contributed by atoms with E-state index in [4.69, 9.17) is 15.2 Å². The van der Waals surface area contributed by atoms with Gasteiger partial charge in [0.25, 0.3) is 0 Å². The lowest BCUT2D eigenvalue weighted by molar-refractivity contribution is -0.119. The molecule has 0 aliphatic carbocycles. The van der Waals surface area contributed by atoms with Crippen LogP contribution in [0.15, 0.2) is 24.3 Å². The average molecular weight is 434 g/mol. The van der Waals surface area contributed by atoms with Gasteiger partial charge in [0, 0.05) is 38.5 Å². The van der Waals surface area contributed by atoms with Crippen molar-refractivity contribution in [2.24, 2.45) is 11.7 Å². The predicted molar refractivity (Wildman–Crippen MR) is 116 cm³/mol. The minimum atomic E-state index is -0.483. The molecule has 3 N–H and O–H groups in total. The monoisotopic (exact) mass is 433 g/mol. The van der Waals surface area contributed by atoms with Gasteiger partial charge in [0.05, 0.1) is 18.2 Å². The quantitative estimate of drug-likeness (QED) is 0.746. The van der Waals surface area contributed by atoms with Gasteiger partial charge in [-0.15, -0.1) is 24.8 Å². The molecule has 2 saturated heterocycles. The molecule has 2 heterocycles. The molecule has 8 heteroatoms. The molecule has 2 aliphatic rings. The van der Waals surface area contributed by atoms with Gasteiger partial charge in [-0.25, -0.2) is 0 Å². The molecule has 0 bridgehead atoms. The van der Waals surface area contributed by atoms with E-state index in [9.17, 15) is 4.79 Å². The third-order valence-corrected chi connectivity index (χ3v) is 5.17. The summed E-state index contributed by atoms with van der Waals surface area (Å²) in [6.45, 7) is 8.31. The summed E-state index contributed by atoms with van der Waals surface area (Å²) in [6, 6.07) is 7.56. The highest BCUT2D eigenvalue weighted by atomic mass is 35.5. The summed E-state index contributed by atoms with van der Waals surface area (Å²) in [5.74, 6) is 0.0888. The lowest BCUT2D eigenvalue weighted by atomic mass is 9.92. The summed E-state index contributed by atoms with van der Waals surface area (Å²) in [5, 5.41) is 2.99. The number of benzene rings is 1. The van der Waals surface area contributed by atoms with Crippen molar-refractivity contribution in [3.8, 4) is 0 Å². The largest absolute Gasteiger partial charge is 0.381 e. The third-order valence-electron chi connectivity index (χ3n) is 5.17. The van der Waals surface area contributed by atoms with Crippen molar-refractivity contribution in [3.63, 3.8) is 0 Å². The van der Waals surface area contributed by atoms with E-state index < -0.39 is 6.04 Å². The van der Waals surface area contributed by atoms with Gasteiger partial charge in [0.2, 0.25) is 5.91 Å². The molecule has 2 fully saturated rings. The molecule has 3 unspecified atom stereocenters. The number of rotatable bonds is 5. The lowest BCUT2D eigenvalue weighted by Crippen LogP contribution is -2.44. The van der Waals surface area contributed by atoms with Crippen LogP contribution in [0.5, 0.6) is 0 Å². The first-order chi connectivity index (χ1) is 12.5. The van der Waals surface area contributed by atoms with Crippen LogP contribution in [0.25, 0.3) is 0 Å². The third kappa shape index (κ3) is 7.17. The van der Waals surface area contributed by atoms with E-state index in [0.29, 0.717) is 13.2 Å². The van der Waals surface area contributed by atoms with Crippen LogP contribution in [0.1, 0.15) is 32.3 Å². The van der Waals surface area contributed by atoms with Gasteiger partial charge in [0.1, 0.15) is 0 Å². The van der Waals surface area contributed by atoms with Crippen LogP contribution in [-0.4, -0.2) is 55.4 Å². The van der Waals surface area contributed by atoms with E-state index in [1.165, 1.54) is 5.56 Å². The Morgan fingerprint density at radius 2 is 1.86 bits per heavy atom. The Kier molecular flexibility index (Phi) is 10.7. The van der Waals surface area contributed by atoms with Gasteiger partial charge >= 0.3 is 0 Å². The van der Waals surface area contributed by atoms with E-state index in [1.807, 2.05) is 18.2 Å². The Balaban J connectivity index is 0.00000196. The first-order valence-corrected chi connectivity index (χ1v) is 9.62. The van der Waals surface area contributed by atoms with Crippen LogP contribution in [0.3, 0.4) is 0 Å². The maximum Gasteiger partial charge on any atom is 0.241 e. The Labute approximate surface area is 180 Å². The number of hydrogen-bond acceptors (Lipinski definition) is 5. The summed E-state index contributed by atoms with van der Waals surface area (Å²) >= 11 is 0. The fourth-order valence-electron chi connectivity index (χ4n) is 3.93. The van der Waals surface area contributed by atoms with Crippen molar-refractivity contribution in [1.82, 2.24) is 4.90 Å². The van der Waals surface area contributed by atoms with E-state index in [2.05, 4.69) is 30.1 Å². The Bertz CT molecular complexity index is 604. The second-order valence-corrected chi connectivity index (χ2v) is 7.62. The molecule has 0 aromatic heterocycles. The number of nitrogens with zero attached hydrogens (tertiary/aromatic N) is 1. The van der Waals surface area contributed by atoms with Crippen molar-refractivity contribution < 1.29 is 14.3 Å². The second kappa shape index (κ2) is 12.0. The number of carbonyl (C=O) groups is 1. The fourth-order valence-corrected chi connectivity index (χ4v) is 3.93. The van der Waals surface area contributed by atoms with Crippen molar-refractivity contribution in [3.05, 3.63) is 29.8 Å². The van der Waals surface area contributed by atoms with Gasteiger partial charge in [-0.1, -0.05) is 12.1 Å². The lowest BCUT2D eigenvalue weighted by Gasteiger charge is -2.35. The molecule has 1 aromatic rings. The number of amides is 1. The first kappa shape index (κ1) is 25.1. The molecule has 160 valence electrons. The van der Waals surface area contributed by atoms with Crippen LogP contribution < -0.4 is 11.1 Å². The maximum atomic E-state index is 12.5. The summed E-state index contributed by atoms with van der Waals surface area (Å²) in [7, 11) is 0. The fraction of sp³-hybridized carbons (Fsp3) is 0.650. The van der Waals surface area contributed by atoms with Crippen LogP contribution in [0, 0.1) is 5.92 Å². The SMILES string of the molecule is CC1CN(Cc2cccc(NC(=O)C(N)C3CCOCC3)c2)CC(C)O1.Cl.Cl. The normalized spacial score (nSPS) is 24.5. The summed E-state index contributed by atoms with van der Waals surface area (Å²) in [6.07, 6.45) is 2.20. The molecule has 2 aliphatic heterocycles. The van der Waals surface area contributed by atoms with Gasteiger partial charge in [-0.05, 0) is 50.3 Å². The zero-order chi connectivity index (χ0) is 18.5. The summed E-state index contributed by atoms with van der Waals surface area (Å²) in [5.41, 5.74) is 8.16. The topological polar surface area (TPSA) is 76.8 Å². The number of nitrogens with two attached hydrogens (primary N) is 1. The minimum Gasteiger partial charge on any atom is -0.381 e. The average Bonchev–Trinajstić information content (AvgIpc) is 2.61. The maximum absolute atomic E-state index is 12.5.